The smallest absolute Gasteiger partial charge is 0.262 e. The zero-order chi connectivity index (χ0) is 23.4. The minimum atomic E-state index is -0.716. The highest BCUT2D eigenvalue weighted by molar-refractivity contribution is 7.12. The maximum absolute atomic E-state index is 12.9. The van der Waals surface area contributed by atoms with Crippen molar-refractivity contribution in [1.82, 2.24) is 5.32 Å². The number of nitrogens with one attached hydrogen (secondary N) is 3. The lowest BCUT2D eigenvalue weighted by Crippen LogP contribution is -2.46. The molecule has 4 rings (SSSR count). The van der Waals surface area contributed by atoms with Crippen LogP contribution in [0.25, 0.3) is 0 Å². The van der Waals surface area contributed by atoms with Gasteiger partial charge < -0.3 is 25.4 Å². The van der Waals surface area contributed by atoms with Crippen molar-refractivity contribution in [2.24, 2.45) is 5.92 Å². The predicted octanol–water partition coefficient (Wildman–Crippen LogP) is 4.12. The van der Waals surface area contributed by atoms with E-state index in [2.05, 4.69) is 16.0 Å². The summed E-state index contributed by atoms with van der Waals surface area (Å²) in [6, 6.07) is 14.5. The molecule has 1 aromatic heterocycles. The van der Waals surface area contributed by atoms with Gasteiger partial charge in [-0.15, -0.1) is 11.3 Å². The minimum absolute atomic E-state index is 0.122. The number of amides is 3. The Morgan fingerprint density at radius 1 is 0.879 bits per heavy atom. The molecule has 1 atom stereocenters. The molecule has 0 bridgehead atoms. The molecule has 3 amide bonds. The molecule has 0 saturated carbocycles. The molecule has 9 heteroatoms. The molecule has 0 saturated heterocycles. The molecule has 0 fully saturated rings. The van der Waals surface area contributed by atoms with Crippen molar-refractivity contribution in [3.8, 4) is 11.5 Å². The van der Waals surface area contributed by atoms with Gasteiger partial charge in [-0.3, -0.25) is 14.4 Å². The van der Waals surface area contributed by atoms with Gasteiger partial charge in [-0.05, 0) is 53.8 Å². The number of carbonyl (C=O) groups excluding carboxylic acids is 3. The van der Waals surface area contributed by atoms with Crippen LogP contribution in [0.4, 0.5) is 11.4 Å². The van der Waals surface area contributed by atoms with Crippen molar-refractivity contribution in [3.63, 3.8) is 0 Å². The fourth-order valence-corrected chi connectivity index (χ4v) is 3.92. The standard InChI is InChI=1S/C24H23N3O5S/c1-14(2)21(27-23(29)20-7-4-10-33-20)24(30)26-17-6-3-5-16(12-17)25-22(28)15-8-9-18-19(11-15)32-13-31-18/h3-12,14,21H,13H2,1-2H3,(H,25,28)(H,26,30)(H,27,29). The van der Waals surface area contributed by atoms with Gasteiger partial charge in [-0.25, -0.2) is 0 Å². The number of hydrogen-bond donors (Lipinski definition) is 3. The third-order valence-electron chi connectivity index (χ3n) is 5.00. The quantitative estimate of drug-likeness (QED) is 0.487. The summed E-state index contributed by atoms with van der Waals surface area (Å²) in [4.78, 5) is 38.5. The molecule has 0 aliphatic carbocycles. The van der Waals surface area contributed by atoms with Crippen LogP contribution in [-0.2, 0) is 4.79 Å². The largest absolute Gasteiger partial charge is 0.454 e. The van der Waals surface area contributed by atoms with Crippen LogP contribution >= 0.6 is 11.3 Å². The Morgan fingerprint density at radius 2 is 1.64 bits per heavy atom. The zero-order valence-corrected chi connectivity index (χ0v) is 18.9. The molecule has 3 N–H and O–H groups in total. The topological polar surface area (TPSA) is 106 Å². The van der Waals surface area contributed by atoms with E-state index in [9.17, 15) is 14.4 Å². The summed E-state index contributed by atoms with van der Waals surface area (Å²) in [5, 5.41) is 10.2. The van der Waals surface area contributed by atoms with Crippen molar-refractivity contribution in [3.05, 3.63) is 70.4 Å². The number of benzene rings is 2. The molecule has 0 radical (unpaired) electrons. The van der Waals surface area contributed by atoms with Crippen molar-refractivity contribution < 1.29 is 23.9 Å². The number of thiophene rings is 1. The Hall–Kier alpha value is -3.85. The number of rotatable bonds is 7. The zero-order valence-electron chi connectivity index (χ0n) is 18.1. The second kappa shape index (κ2) is 9.74. The SMILES string of the molecule is CC(C)C(NC(=O)c1cccs1)C(=O)Nc1cccc(NC(=O)c2ccc3c(c2)OCO3)c1. The second-order valence-corrected chi connectivity index (χ2v) is 8.71. The van der Waals surface area contributed by atoms with E-state index in [0.29, 0.717) is 33.3 Å². The van der Waals surface area contributed by atoms with Gasteiger partial charge in [0.05, 0.1) is 4.88 Å². The molecular formula is C24H23N3O5S. The molecule has 2 aromatic carbocycles. The van der Waals surface area contributed by atoms with Gasteiger partial charge >= 0.3 is 0 Å². The van der Waals surface area contributed by atoms with Gasteiger partial charge in [0.25, 0.3) is 11.8 Å². The van der Waals surface area contributed by atoms with Crippen LogP contribution in [0.15, 0.2) is 60.0 Å². The average molecular weight is 466 g/mol. The summed E-state index contributed by atoms with van der Waals surface area (Å²) >= 11 is 1.31. The highest BCUT2D eigenvalue weighted by atomic mass is 32.1. The van der Waals surface area contributed by atoms with Crippen molar-refractivity contribution in [2.45, 2.75) is 19.9 Å². The first-order chi connectivity index (χ1) is 15.9. The van der Waals surface area contributed by atoms with Crippen LogP contribution in [0.2, 0.25) is 0 Å². The number of hydrogen-bond acceptors (Lipinski definition) is 6. The Kier molecular flexibility index (Phi) is 6.60. The molecule has 0 spiro atoms. The van der Waals surface area contributed by atoms with Crippen molar-refractivity contribution >= 4 is 40.4 Å². The summed E-state index contributed by atoms with van der Waals surface area (Å²) in [5.74, 6) is 0.0516. The van der Waals surface area contributed by atoms with E-state index >= 15 is 0 Å². The first kappa shape index (κ1) is 22.3. The lowest BCUT2D eigenvalue weighted by atomic mass is 10.0. The number of ether oxygens (including phenoxy) is 2. The van der Waals surface area contributed by atoms with Gasteiger partial charge in [0.15, 0.2) is 11.5 Å². The first-order valence-corrected chi connectivity index (χ1v) is 11.2. The summed E-state index contributed by atoms with van der Waals surface area (Å²) < 4.78 is 10.6. The van der Waals surface area contributed by atoms with Crippen LogP contribution in [0.3, 0.4) is 0 Å². The average Bonchev–Trinajstić information content (AvgIpc) is 3.48. The maximum Gasteiger partial charge on any atom is 0.262 e. The second-order valence-electron chi connectivity index (χ2n) is 7.76. The van der Waals surface area contributed by atoms with Crippen molar-refractivity contribution in [1.29, 1.82) is 0 Å². The molecular weight excluding hydrogens is 442 g/mol. The molecule has 1 aliphatic heterocycles. The number of fused-ring (bicyclic) bond motifs is 1. The fraction of sp³-hybridized carbons (Fsp3) is 0.208. The third kappa shape index (κ3) is 5.32. The summed E-state index contributed by atoms with van der Waals surface area (Å²) in [6.07, 6.45) is 0. The predicted molar refractivity (Wildman–Crippen MR) is 126 cm³/mol. The van der Waals surface area contributed by atoms with Gasteiger partial charge in [0.2, 0.25) is 12.7 Å². The van der Waals surface area contributed by atoms with Crippen LogP contribution in [0.5, 0.6) is 11.5 Å². The first-order valence-electron chi connectivity index (χ1n) is 10.4. The maximum atomic E-state index is 12.9. The lowest BCUT2D eigenvalue weighted by molar-refractivity contribution is -0.118. The summed E-state index contributed by atoms with van der Waals surface area (Å²) in [7, 11) is 0. The highest BCUT2D eigenvalue weighted by Crippen LogP contribution is 2.32. The molecule has 2 heterocycles. The fourth-order valence-electron chi connectivity index (χ4n) is 3.29. The van der Waals surface area contributed by atoms with Crippen molar-refractivity contribution in [2.75, 3.05) is 17.4 Å². The van der Waals surface area contributed by atoms with Gasteiger partial charge in [-0.1, -0.05) is 26.0 Å². The molecule has 8 nitrogen and oxygen atoms in total. The van der Waals surface area contributed by atoms with Gasteiger partial charge in [0.1, 0.15) is 6.04 Å². The Labute approximate surface area is 194 Å². The number of carbonyl (C=O) groups is 3. The molecule has 1 unspecified atom stereocenters. The van der Waals surface area contributed by atoms with E-state index in [4.69, 9.17) is 9.47 Å². The van der Waals surface area contributed by atoms with E-state index < -0.39 is 6.04 Å². The summed E-state index contributed by atoms with van der Waals surface area (Å²) in [6.45, 7) is 3.86. The van der Waals surface area contributed by atoms with E-state index in [0.717, 1.165) is 0 Å². The monoisotopic (exact) mass is 465 g/mol. The Bertz CT molecular complexity index is 1180. The molecule has 33 heavy (non-hydrogen) atoms. The van der Waals surface area contributed by atoms with Gasteiger partial charge in [-0.2, -0.15) is 0 Å². The van der Waals surface area contributed by atoms with Crippen LogP contribution in [-0.4, -0.2) is 30.6 Å². The van der Waals surface area contributed by atoms with E-state index in [1.807, 2.05) is 19.2 Å². The Balaban J connectivity index is 1.41. The minimum Gasteiger partial charge on any atom is -0.454 e. The summed E-state index contributed by atoms with van der Waals surface area (Å²) in [5.41, 5.74) is 1.43. The number of anilines is 2. The van der Waals surface area contributed by atoms with Crippen LogP contribution in [0, 0.1) is 5.92 Å². The normalized spacial score (nSPS) is 12.8. The lowest BCUT2D eigenvalue weighted by Gasteiger charge is -2.21. The molecule has 1 aliphatic rings. The third-order valence-corrected chi connectivity index (χ3v) is 5.87. The van der Waals surface area contributed by atoms with Crippen LogP contribution < -0.4 is 25.4 Å². The molecule has 170 valence electrons. The highest BCUT2D eigenvalue weighted by Gasteiger charge is 2.25. The van der Waals surface area contributed by atoms with E-state index in [1.54, 1.807) is 54.6 Å². The van der Waals surface area contributed by atoms with E-state index in [1.165, 1.54) is 11.3 Å². The van der Waals surface area contributed by atoms with Crippen LogP contribution in [0.1, 0.15) is 33.9 Å². The Morgan fingerprint density at radius 3 is 2.36 bits per heavy atom. The van der Waals surface area contributed by atoms with Gasteiger partial charge in [0, 0.05) is 16.9 Å². The molecule has 3 aromatic rings. The van der Waals surface area contributed by atoms with E-state index in [-0.39, 0.29) is 30.4 Å².